The standard InChI is InChI=1S/C18H20ClNS/c19-15-10-8-13(9-11-15)12-21-17-7-3-5-14-4-1-2-6-16(14)18(17)20/h1-2,4,6,8-11,17-18H,3,5,7,12,20H2. The lowest BCUT2D eigenvalue weighted by molar-refractivity contribution is 0.632. The van der Waals surface area contributed by atoms with Crippen LogP contribution in [0.3, 0.4) is 0 Å². The molecule has 0 saturated heterocycles. The Kier molecular flexibility index (Phi) is 4.89. The number of nitrogens with two attached hydrogens (primary N) is 1. The molecule has 2 unspecified atom stereocenters. The number of fused-ring (bicyclic) bond motifs is 1. The Morgan fingerprint density at radius 2 is 1.86 bits per heavy atom. The summed E-state index contributed by atoms with van der Waals surface area (Å²) in [5.74, 6) is 0.998. The zero-order valence-electron chi connectivity index (χ0n) is 12.0. The van der Waals surface area contributed by atoms with Gasteiger partial charge in [-0.25, -0.2) is 0 Å². The number of aryl methyl sites for hydroxylation is 1. The molecular weight excluding hydrogens is 298 g/mol. The summed E-state index contributed by atoms with van der Waals surface area (Å²) in [6, 6.07) is 16.9. The van der Waals surface area contributed by atoms with E-state index in [9.17, 15) is 0 Å². The second kappa shape index (κ2) is 6.87. The molecule has 2 aromatic rings. The summed E-state index contributed by atoms with van der Waals surface area (Å²) in [7, 11) is 0. The van der Waals surface area contributed by atoms with Crippen LogP contribution in [0, 0.1) is 0 Å². The molecule has 0 radical (unpaired) electrons. The minimum Gasteiger partial charge on any atom is -0.323 e. The van der Waals surface area contributed by atoms with Gasteiger partial charge >= 0.3 is 0 Å². The molecule has 110 valence electrons. The maximum Gasteiger partial charge on any atom is 0.0418 e. The molecule has 0 saturated carbocycles. The highest BCUT2D eigenvalue weighted by atomic mass is 35.5. The molecular formula is C18H20ClNS. The molecule has 0 spiro atoms. The van der Waals surface area contributed by atoms with Gasteiger partial charge in [-0.15, -0.1) is 0 Å². The van der Waals surface area contributed by atoms with E-state index in [1.165, 1.54) is 29.5 Å². The van der Waals surface area contributed by atoms with Gasteiger partial charge in [0.2, 0.25) is 0 Å². The third kappa shape index (κ3) is 3.63. The van der Waals surface area contributed by atoms with Crippen LogP contribution >= 0.6 is 23.4 Å². The van der Waals surface area contributed by atoms with Gasteiger partial charge in [0.25, 0.3) is 0 Å². The molecule has 3 heteroatoms. The van der Waals surface area contributed by atoms with Crippen molar-refractivity contribution in [3.63, 3.8) is 0 Å². The lowest BCUT2D eigenvalue weighted by Gasteiger charge is -2.22. The van der Waals surface area contributed by atoms with E-state index in [0.29, 0.717) is 5.25 Å². The first-order valence-electron chi connectivity index (χ1n) is 7.43. The number of rotatable bonds is 3. The van der Waals surface area contributed by atoms with Crippen molar-refractivity contribution in [2.24, 2.45) is 5.73 Å². The van der Waals surface area contributed by atoms with Crippen molar-refractivity contribution in [2.45, 2.75) is 36.3 Å². The molecule has 3 rings (SSSR count). The lowest BCUT2D eigenvalue weighted by Crippen LogP contribution is -2.23. The predicted octanol–water partition coefficient (Wildman–Crippen LogP) is 4.98. The smallest absolute Gasteiger partial charge is 0.0418 e. The molecule has 0 aromatic heterocycles. The SMILES string of the molecule is NC1c2ccccc2CCCC1SCc1ccc(Cl)cc1. The average molecular weight is 318 g/mol. The Hall–Kier alpha value is -0.960. The van der Waals surface area contributed by atoms with Crippen LogP contribution in [0.5, 0.6) is 0 Å². The fraction of sp³-hybridized carbons (Fsp3) is 0.333. The molecule has 0 fully saturated rings. The fourth-order valence-electron chi connectivity index (χ4n) is 2.93. The van der Waals surface area contributed by atoms with Crippen LogP contribution in [0.2, 0.25) is 5.02 Å². The molecule has 1 aliphatic carbocycles. The van der Waals surface area contributed by atoms with E-state index in [0.717, 1.165) is 17.2 Å². The van der Waals surface area contributed by atoms with E-state index >= 15 is 0 Å². The quantitative estimate of drug-likeness (QED) is 0.808. The summed E-state index contributed by atoms with van der Waals surface area (Å²) < 4.78 is 0. The Morgan fingerprint density at radius 3 is 2.67 bits per heavy atom. The van der Waals surface area contributed by atoms with Crippen LogP contribution in [0.1, 0.15) is 35.6 Å². The first-order chi connectivity index (χ1) is 10.2. The number of hydrogen-bond acceptors (Lipinski definition) is 2. The highest BCUT2D eigenvalue weighted by molar-refractivity contribution is 7.99. The van der Waals surface area contributed by atoms with E-state index in [2.05, 4.69) is 36.4 Å². The molecule has 2 atom stereocenters. The summed E-state index contributed by atoms with van der Waals surface area (Å²) in [5, 5.41) is 1.29. The minimum atomic E-state index is 0.140. The highest BCUT2D eigenvalue weighted by Gasteiger charge is 2.24. The first-order valence-corrected chi connectivity index (χ1v) is 8.86. The molecule has 0 aliphatic heterocycles. The van der Waals surface area contributed by atoms with Crippen LogP contribution < -0.4 is 5.73 Å². The van der Waals surface area contributed by atoms with Gasteiger partial charge in [-0.3, -0.25) is 0 Å². The highest BCUT2D eigenvalue weighted by Crippen LogP contribution is 2.35. The van der Waals surface area contributed by atoms with E-state index in [1.807, 2.05) is 23.9 Å². The zero-order valence-corrected chi connectivity index (χ0v) is 13.5. The average Bonchev–Trinajstić information content (AvgIpc) is 2.67. The van der Waals surface area contributed by atoms with Crippen LogP contribution in [-0.4, -0.2) is 5.25 Å². The van der Waals surface area contributed by atoms with Gasteiger partial charge in [-0.2, -0.15) is 11.8 Å². The van der Waals surface area contributed by atoms with Gasteiger partial charge in [-0.05, 0) is 48.1 Å². The normalized spacial score (nSPS) is 21.6. The third-order valence-electron chi connectivity index (χ3n) is 4.13. The van der Waals surface area contributed by atoms with Crippen LogP contribution in [-0.2, 0) is 12.2 Å². The molecule has 0 amide bonds. The van der Waals surface area contributed by atoms with Crippen LogP contribution in [0.4, 0.5) is 0 Å². The summed E-state index contributed by atoms with van der Waals surface area (Å²) in [5.41, 5.74) is 10.6. The third-order valence-corrected chi connectivity index (χ3v) is 5.84. The first kappa shape index (κ1) is 15.0. The topological polar surface area (TPSA) is 26.0 Å². The van der Waals surface area contributed by atoms with E-state index in [4.69, 9.17) is 17.3 Å². The summed E-state index contributed by atoms with van der Waals surface area (Å²) in [6.07, 6.45) is 3.57. The van der Waals surface area contributed by atoms with E-state index in [-0.39, 0.29) is 6.04 Å². The molecule has 1 nitrogen and oxygen atoms in total. The summed E-state index contributed by atoms with van der Waals surface area (Å²) in [4.78, 5) is 0. The van der Waals surface area contributed by atoms with Crippen molar-refractivity contribution < 1.29 is 0 Å². The molecule has 2 N–H and O–H groups in total. The van der Waals surface area contributed by atoms with Crippen molar-refractivity contribution >= 4 is 23.4 Å². The van der Waals surface area contributed by atoms with Gasteiger partial charge < -0.3 is 5.73 Å². The minimum absolute atomic E-state index is 0.140. The van der Waals surface area contributed by atoms with Crippen molar-refractivity contribution in [1.29, 1.82) is 0 Å². The maximum atomic E-state index is 6.54. The second-order valence-corrected chi connectivity index (χ2v) is 7.26. The Labute approximate surface area is 135 Å². The lowest BCUT2D eigenvalue weighted by atomic mass is 10.00. The van der Waals surface area contributed by atoms with E-state index in [1.54, 1.807) is 0 Å². The number of hydrogen-bond donors (Lipinski definition) is 1. The number of thioether (sulfide) groups is 1. The second-order valence-electron chi connectivity index (χ2n) is 5.59. The molecule has 0 bridgehead atoms. The monoisotopic (exact) mass is 317 g/mol. The summed E-state index contributed by atoms with van der Waals surface area (Å²) >= 11 is 7.91. The molecule has 1 aliphatic rings. The molecule has 2 aromatic carbocycles. The van der Waals surface area contributed by atoms with Gasteiger partial charge in [0.05, 0.1) is 0 Å². The molecule has 0 heterocycles. The number of benzene rings is 2. The van der Waals surface area contributed by atoms with Gasteiger partial charge in [0.1, 0.15) is 0 Å². The Morgan fingerprint density at radius 1 is 1.10 bits per heavy atom. The Balaban J connectivity index is 1.69. The van der Waals surface area contributed by atoms with Crippen LogP contribution in [0.15, 0.2) is 48.5 Å². The summed E-state index contributed by atoms with van der Waals surface area (Å²) in [6.45, 7) is 0. The van der Waals surface area contributed by atoms with Crippen molar-refractivity contribution in [3.05, 3.63) is 70.2 Å². The van der Waals surface area contributed by atoms with Gasteiger partial charge in [-0.1, -0.05) is 48.0 Å². The van der Waals surface area contributed by atoms with Gasteiger partial charge in [0, 0.05) is 22.1 Å². The largest absolute Gasteiger partial charge is 0.323 e. The number of halogens is 1. The zero-order chi connectivity index (χ0) is 14.7. The van der Waals surface area contributed by atoms with E-state index < -0.39 is 0 Å². The Bertz CT molecular complexity index is 596. The van der Waals surface area contributed by atoms with Crippen molar-refractivity contribution in [2.75, 3.05) is 0 Å². The maximum absolute atomic E-state index is 6.54. The predicted molar refractivity (Wildman–Crippen MR) is 92.8 cm³/mol. The molecule has 21 heavy (non-hydrogen) atoms. The fourth-order valence-corrected chi connectivity index (χ4v) is 4.34. The van der Waals surface area contributed by atoms with Gasteiger partial charge in [0.15, 0.2) is 0 Å². The van der Waals surface area contributed by atoms with Crippen LogP contribution in [0.25, 0.3) is 0 Å². The van der Waals surface area contributed by atoms with Crippen molar-refractivity contribution in [3.8, 4) is 0 Å². The van der Waals surface area contributed by atoms with Crippen molar-refractivity contribution in [1.82, 2.24) is 0 Å².